The Balaban J connectivity index is 2.50. The number of aromatic nitrogens is 2. The number of hydrogen-bond donors (Lipinski definition) is 0. The number of nitrogens with zero attached hydrogens (tertiary/aromatic N) is 2. The van der Waals surface area contributed by atoms with E-state index >= 15 is 0 Å². The molecule has 1 aromatic heterocycles. The van der Waals surface area contributed by atoms with Crippen molar-refractivity contribution in [1.82, 2.24) is 5.27 Å². The minimum atomic E-state index is -0.434. The van der Waals surface area contributed by atoms with E-state index in [2.05, 4.69) is 16.7 Å². The molecule has 0 unspecified atom stereocenters. The Kier molecular flexibility index (Phi) is 2.18. The minimum Gasteiger partial charge on any atom is -0.539 e. The first-order valence-electron chi connectivity index (χ1n) is 4.45. The predicted molar refractivity (Wildman–Crippen MR) is 46.9 cm³/mol. The summed E-state index contributed by atoms with van der Waals surface area (Å²) in [6.45, 7) is 2.05. The molecule has 4 nitrogen and oxygen atoms in total. The molecule has 0 N–H and O–H groups in total. The van der Waals surface area contributed by atoms with Crippen LogP contribution < -0.4 is 9.79 Å². The lowest BCUT2D eigenvalue weighted by molar-refractivity contribution is -0.670. The number of aryl methyl sites for hydroxylation is 1. The Morgan fingerprint density at radius 2 is 2.21 bits per heavy atom. The topological polar surface area (TPSA) is 53.0 Å². The molecule has 0 aliphatic carbocycles. The summed E-state index contributed by atoms with van der Waals surface area (Å²) in [5.74, 6) is -0.434. The van der Waals surface area contributed by atoms with E-state index in [9.17, 15) is 5.11 Å². The van der Waals surface area contributed by atoms with Crippen molar-refractivity contribution in [3.63, 3.8) is 0 Å². The first kappa shape index (κ1) is 8.74. The highest BCUT2D eigenvalue weighted by atomic mass is 16.6. The van der Waals surface area contributed by atoms with Crippen LogP contribution in [0.4, 0.5) is 0 Å². The highest BCUT2D eigenvalue weighted by molar-refractivity contribution is 5.32. The molecule has 0 amide bonds. The number of para-hydroxylation sites is 1. The van der Waals surface area contributed by atoms with Gasteiger partial charge in [-0.25, -0.2) is 0 Å². The molecule has 14 heavy (non-hydrogen) atoms. The van der Waals surface area contributed by atoms with Crippen molar-refractivity contribution < 1.29 is 14.3 Å². The van der Waals surface area contributed by atoms with Crippen molar-refractivity contribution in [1.29, 1.82) is 0 Å². The molecule has 72 valence electrons. The first-order valence-corrected chi connectivity index (χ1v) is 4.45. The lowest BCUT2D eigenvalue weighted by Gasteiger charge is -1.96. The van der Waals surface area contributed by atoms with Gasteiger partial charge in [-0.05, 0) is 11.1 Å². The maximum absolute atomic E-state index is 10.8. The molecule has 2 rings (SSSR count). The molecule has 4 heteroatoms. The maximum Gasteiger partial charge on any atom is 0.242 e. The Bertz CT molecular complexity index is 437. The van der Waals surface area contributed by atoms with E-state index in [-0.39, 0.29) is 0 Å². The van der Waals surface area contributed by atoms with Gasteiger partial charge in [-0.3, -0.25) is 0 Å². The maximum atomic E-state index is 10.8. The summed E-state index contributed by atoms with van der Waals surface area (Å²) in [6, 6.07) is 7.77. The SMILES string of the molecule is CCc1ccccc1-[n+]1cc([O-])on1. The number of hydrogen-bond acceptors (Lipinski definition) is 3. The zero-order valence-electron chi connectivity index (χ0n) is 7.80. The summed E-state index contributed by atoms with van der Waals surface area (Å²) in [5.41, 5.74) is 2.02. The van der Waals surface area contributed by atoms with Crippen molar-refractivity contribution in [3.8, 4) is 11.6 Å². The predicted octanol–water partition coefficient (Wildman–Crippen LogP) is 0.587. The highest BCUT2D eigenvalue weighted by Crippen LogP contribution is 2.09. The molecule has 0 aliphatic heterocycles. The summed E-state index contributed by atoms with van der Waals surface area (Å²) < 4.78 is 5.94. The molecule has 0 aliphatic rings. The van der Waals surface area contributed by atoms with Crippen molar-refractivity contribution >= 4 is 0 Å². The van der Waals surface area contributed by atoms with Gasteiger partial charge in [-0.2, -0.15) is 0 Å². The fourth-order valence-electron chi connectivity index (χ4n) is 1.38. The van der Waals surface area contributed by atoms with Crippen LogP contribution in [0.2, 0.25) is 0 Å². The van der Waals surface area contributed by atoms with Crippen molar-refractivity contribution in [3.05, 3.63) is 36.0 Å². The van der Waals surface area contributed by atoms with Gasteiger partial charge in [-0.1, -0.05) is 25.1 Å². The zero-order chi connectivity index (χ0) is 9.97. The van der Waals surface area contributed by atoms with E-state index in [0.717, 1.165) is 17.7 Å². The number of benzene rings is 1. The van der Waals surface area contributed by atoms with E-state index in [0.29, 0.717) is 0 Å². The standard InChI is InChI=1S/C10H10N2O2/c1-2-8-5-3-4-6-9(8)12-7-10(13)14-11-12/h3-7H,2H2,1H3. The Morgan fingerprint density at radius 3 is 2.86 bits per heavy atom. The van der Waals surface area contributed by atoms with E-state index in [1.807, 2.05) is 24.3 Å². The quantitative estimate of drug-likeness (QED) is 0.651. The molecule has 1 heterocycles. The van der Waals surface area contributed by atoms with Crippen molar-refractivity contribution in [2.75, 3.05) is 0 Å². The van der Waals surface area contributed by atoms with Gasteiger partial charge < -0.3 is 9.63 Å². The fourth-order valence-corrected chi connectivity index (χ4v) is 1.38. The first-order chi connectivity index (χ1) is 6.81. The second-order valence-electron chi connectivity index (χ2n) is 2.95. The molecule has 0 bridgehead atoms. The summed E-state index contributed by atoms with van der Waals surface area (Å²) in [7, 11) is 0. The van der Waals surface area contributed by atoms with Gasteiger partial charge in [0.1, 0.15) is 5.95 Å². The summed E-state index contributed by atoms with van der Waals surface area (Å²) >= 11 is 0. The van der Waals surface area contributed by atoms with Crippen LogP contribution in [0.1, 0.15) is 12.5 Å². The van der Waals surface area contributed by atoms with Crippen LogP contribution in [-0.4, -0.2) is 5.27 Å². The lowest BCUT2D eigenvalue weighted by Crippen LogP contribution is -2.32. The normalized spacial score (nSPS) is 10.4. The largest absolute Gasteiger partial charge is 0.539 e. The Labute approximate surface area is 81.4 Å². The van der Waals surface area contributed by atoms with E-state index in [1.165, 1.54) is 10.9 Å². The molecule has 2 aromatic rings. The van der Waals surface area contributed by atoms with E-state index in [1.54, 1.807) is 0 Å². The van der Waals surface area contributed by atoms with Gasteiger partial charge in [0.25, 0.3) is 0 Å². The van der Waals surface area contributed by atoms with Crippen LogP contribution in [0.3, 0.4) is 0 Å². The molecular formula is C10H10N2O2. The third-order valence-corrected chi connectivity index (χ3v) is 2.07. The van der Waals surface area contributed by atoms with Gasteiger partial charge in [0.05, 0.1) is 5.27 Å². The second-order valence-corrected chi connectivity index (χ2v) is 2.95. The molecule has 1 aromatic carbocycles. The molecule has 0 atom stereocenters. The average molecular weight is 190 g/mol. The Morgan fingerprint density at radius 1 is 1.43 bits per heavy atom. The molecule has 0 fully saturated rings. The van der Waals surface area contributed by atoms with Gasteiger partial charge in [-0.15, -0.1) is 0 Å². The molecular weight excluding hydrogens is 180 g/mol. The smallest absolute Gasteiger partial charge is 0.242 e. The van der Waals surface area contributed by atoms with Crippen molar-refractivity contribution in [2.24, 2.45) is 0 Å². The van der Waals surface area contributed by atoms with Crippen LogP contribution in [0.25, 0.3) is 5.69 Å². The molecule has 0 saturated heterocycles. The average Bonchev–Trinajstić information content (AvgIpc) is 2.65. The number of rotatable bonds is 2. The van der Waals surface area contributed by atoms with Crippen LogP contribution >= 0.6 is 0 Å². The van der Waals surface area contributed by atoms with Crippen LogP contribution in [0, 0.1) is 0 Å². The van der Waals surface area contributed by atoms with Crippen molar-refractivity contribution in [2.45, 2.75) is 13.3 Å². The van der Waals surface area contributed by atoms with Gasteiger partial charge in [0.2, 0.25) is 11.9 Å². The summed E-state index contributed by atoms with van der Waals surface area (Å²) in [6.07, 6.45) is 2.22. The molecule has 0 saturated carbocycles. The Hall–Kier alpha value is -1.84. The van der Waals surface area contributed by atoms with Crippen LogP contribution in [0.5, 0.6) is 5.95 Å². The van der Waals surface area contributed by atoms with E-state index < -0.39 is 5.95 Å². The van der Waals surface area contributed by atoms with Gasteiger partial charge in [0.15, 0.2) is 0 Å². The zero-order valence-corrected chi connectivity index (χ0v) is 7.80. The van der Waals surface area contributed by atoms with Gasteiger partial charge in [0, 0.05) is 11.6 Å². The third kappa shape index (κ3) is 1.46. The molecule has 0 radical (unpaired) electrons. The lowest BCUT2D eigenvalue weighted by atomic mass is 10.1. The fraction of sp³-hybridized carbons (Fsp3) is 0.200. The highest BCUT2D eigenvalue weighted by Gasteiger charge is 2.12. The summed E-state index contributed by atoms with van der Waals surface area (Å²) in [5, 5.41) is 14.4. The molecule has 0 spiro atoms. The monoisotopic (exact) mass is 190 g/mol. The van der Waals surface area contributed by atoms with Gasteiger partial charge >= 0.3 is 0 Å². The van der Waals surface area contributed by atoms with E-state index in [4.69, 9.17) is 0 Å². The summed E-state index contributed by atoms with van der Waals surface area (Å²) in [4.78, 5) is 0. The third-order valence-electron chi connectivity index (χ3n) is 2.07. The second kappa shape index (κ2) is 3.49. The van der Waals surface area contributed by atoms with Crippen LogP contribution in [-0.2, 0) is 6.42 Å². The van der Waals surface area contributed by atoms with Crippen LogP contribution in [0.15, 0.2) is 35.0 Å². The minimum absolute atomic E-state index is 0.434.